The summed E-state index contributed by atoms with van der Waals surface area (Å²) in [5, 5.41) is 11.6. The molecule has 1 fully saturated rings. The van der Waals surface area contributed by atoms with Crippen molar-refractivity contribution in [2.45, 2.75) is 52.3 Å². The molecule has 7 heteroatoms. The van der Waals surface area contributed by atoms with Crippen molar-refractivity contribution < 1.29 is 4.74 Å². The van der Waals surface area contributed by atoms with Crippen LogP contribution in [-0.4, -0.2) is 44.3 Å². The number of ether oxygens (including phenoxy) is 1. The quantitative estimate of drug-likeness (QED) is 0.860. The summed E-state index contributed by atoms with van der Waals surface area (Å²) >= 11 is 1.75. The molecule has 2 aromatic heterocycles. The summed E-state index contributed by atoms with van der Waals surface area (Å²) in [5.74, 6) is 0.923. The van der Waals surface area contributed by atoms with Gasteiger partial charge in [-0.2, -0.15) is 0 Å². The lowest BCUT2D eigenvalue weighted by Crippen LogP contribution is -2.38. The van der Waals surface area contributed by atoms with Crippen molar-refractivity contribution in [3.63, 3.8) is 0 Å². The van der Waals surface area contributed by atoms with Crippen molar-refractivity contribution in [3.8, 4) is 0 Å². The number of hydrogen-bond acceptors (Lipinski definition) is 6. The minimum absolute atomic E-state index is 0.00625. The average Bonchev–Trinajstić information content (AvgIpc) is 3.15. The Kier molecular flexibility index (Phi) is 4.79. The summed E-state index contributed by atoms with van der Waals surface area (Å²) in [6, 6.07) is 0. The lowest BCUT2D eigenvalue weighted by Gasteiger charge is -2.31. The number of morpholine rings is 1. The molecule has 1 aliphatic rings. The Hall–Kier alpha value is -1.31. The van der Waals surface area contributed by atoms with E-state index in [-0.39, 0.29) is 11.5 Å². The van der Waals surface area contributed by atoms with Gasteiger partial charge in [0.05, 0.1) is 18.8 Å². The normalized spacial score (nSPS) is 20.1. The first-order valence-corrected chi connectivity index (χ1v) is 9.02. The predicted molar refractivity (Wildman–Crippen MR) is 90.5 cm³/mol. The van der Waals surface area contributed by atoms with Crippen molar-refractivity contribution in [2.24, 2.45) is 0 Å². The standard InChI is InChI=1S/C16H25N5OS/c1-5-21-11-17-19-15(21)12-8-20(6-7-22-12)9-14-18-13(10-23-14)16(2,3)4/h10-12H,5-9H2,1-4H3/t12-/m0/s1. The van der Waals surface area contributed by atoms with Gasteiger partial charge in [0, 0.05) is 30.4 Å². The highest BCUT2D eigenvalue weighted by Crippen LogP contribution is 2.26. The highest BCUT2D eigenvalue weighted by atomic mass is 32.1. The molecule has 1 saturated heterocycles. The van der Waals surface area contributed by atoms with Crippen LogP contribution in [0.2, 0.25) is 0 Å². The summed E-state index contributed by atoms with van der Waals surface area (Å²) in [6.45, 7) is 12.9. The molecule has 0 aromatic carbocycles. The zero-order valence-electron chi connectivity index (χ0n) is 14.3. The van der Waals surface area contributed by atoms with Crippen LogP contribution in [0.5, 0.6) is 0 Å². The maximum Gasteiger partial charge on any atom is 0.163 e. The van der Waals surface area contributed by atoms with E-state index < -0.39 is 0 Å². The van der Waals surface area contributed by atoms with Crippen LogP contribution in [0.4, 0.5) is 0 Å². The van der Waals surface area contributed by atoms with Gasteiger partial charge in [0.25, 0.3) is 0 Å². The summed E-state index contributed by atoms with van der Waals surface area (Å²) < 4.78 is 7.96. The zero-order chi connectivity index (χ0) is 16.4. The summed E-state index contributed by atoms with van der Waals surface area (Å²) in [5.41, 5.74) is 1.29. The van der Waals surface area contributed by atoms with Crippen molar-refractivity contribution in [3.05, 3.63) is 28.2 Å². The Morgan fingerprint density at radius 3 is 2.91 bits per heavy atom. The molecule has 1 atom stereocenters. The second-order valence-electron chi connectivity index (χ2n) is 6.95. The molecule has 0 N–H and O–H groups in total. The molecular formula is C16H25N5OS. The number of aromatic nitrogens is 4. The van der Waals surface area contributed by atoms with E-state index in [1.165, 1.54) is 10.7 Å². The van der Waals surface area contributed by atoms with Crippen molar-refractivity contribution in [2.75, 3.05) is 19.7 Å². The average molecular weight is 335 g/mol. The summed E-state index contributed by atoms with van der Waals surface area (Å²) in [4.78, 5) is 7.20. The van der Waals surface area contributed by atoms with Crippen LogP contribution >= 0.6 is 11.3 Å². The fourth-order valence-electron chi connectivity index (χ4n) is 2.68. The third-order valence-electron chi connectivity index (χ3n) is 4.10. The second kappa shape index (κ2) is 6.67. The topological polar surface area (TPSA) is 56.1 Å². The molecule has 3 heterocycles. The van der Waals surface area contributed by atoms with E-state index in [2.05, 4.69) is 52.7 Å². The van der Waals surface area contributed by atoms with Crippen molar-refractivity contribution in [1.29, 1.82) is 0 Å². The smallest absolute Gasteiger partial charge is 0.163 e. The fourth-order valence-corrected chi connectivity index (χ4v) is 3.74. The van der Waals surface area contributed by atoms with Gasteiger partial charge in [0.15, 0.2) is 5.82 Å². The largest absolute Gasteiger partial charge is 0.368 e. The van der Waals surface area contributed by atoms with Gasteiger partial charge in [-0.15, -0.1) is 21.5 Å². The molecule has 0 aliphatic carbocycles. The second-order valence-corrected chi connectivity index (χ2v) is 7.89. The first-order valence-electron chi connectivity index (χ1n) is 8.14. The van der Waals surface area contributed by atoms with Gasteiger partial charge in [-0.3, -0.25) is 4.90 Å². The van der Waals surface area contributed by atoms with Crippen LogP contribution in [0.3, 0.4) is 0 Å². The van der Waals surface area contributed by atoms with E-state index in [9.17, 15) is 0 Å². The fraction of sp³-hybridized carbons (Fsp3) is 0.688. The van der Waals surface area contributed by atoms with E-state index in [1.807, 2.05) is 0 Å². The van der Waals surface area contributed by atoms with E-state index in [0.717, 1.165) is 38.6 Å². The van der Waals surface area contributed by atoms with Crippen LogP contribution in [0.25, 0.3) is 0 Å². The molecule has 0 saturated carbocycles. The molecule has 0 radical (unpaired) electrons. The van der Waals surface area contributed by atoms with Gasteiger partial charge < -0.3 is 9.30 Å². The number of rotatable bonds is 4. The number of thiazole rings is 1. The molecule has 0 amide bonds. The Morgan fingerprint density at radius 1 is 1.39 bits per heavy atom. The molecule has 0 spiro atoms. The van der Waals surface area contributed by atoms with Gasteiger partial charge in [-0.25, -0.2) is 4.98 Å². The zero-order valence-corrected chi connectivity index (χ0v) is 15.1. The van der Waals surface area contributed by atoms with E-state index in [4.69, 9.17) is 9.72 Å². The van der Waals surface area contributed by atoms with Gasteiger partial charge >= 0.3 is 0 Å². The monoisotopic (exact) mass is 335 g/mol. The Labute approximate surface area is 141 Å². The molecule has 6 nitrogen and oxygen atoms in total. The van der Waals surface area contributed by atoms with E-state index >= 15 is 0 Å². The Balaban J connectivity index is 1.66. The Morgan fingerprint density at radius 2 is 2.22 bits per heavy atom. The van der Waals surface area contributed by atoms with Gasteiger partial charge in [-0.05, 0) is 6.92 Å². The number of aryl methyl sites for hydroxylation is 1. The molecule has 0 bridgehead atoms. The molecule has 3 rings (SSSR count). The highest BCUT2D eigenvalue weighted by molar-refractivity contribution is 7.09. The summed E-state index contributed by atoms with van der Waals surface area (Å²) in [7, 11) is 0. The third kappa shape index (κ3) is 3.79. The van der Waals surface area contributed by atoms with Crippen LogP contribution in [0.15, 0.2) is 11.7 Å². The minimum atomic E-state index is -0.00625. The summed E-state index contributed by atoms with van der Waals surface area (Å²) in [6.07, 6.45) is 1.77. The van der Waals surface area contributed by atoms with E-state index in [1.54, 1.807) is 17.7 Å². The van der Waals surface area contributed by atoms with Crippen LogP contribution in [0, 0.1) is 0 Å². The molecule has 0 unspecified atom stereocenters. The number of hydrogen-bond donors (Lipinski definition) is 0. The van der Waals surface area contributed by atoms with Crippen molar-refractivity contribution in [1.82, 2.24) is 24.6 Å². The Bertz CT molecular complexity index is 645. The SMILES string of the molecule is CCn1cnnc1[C@@H]1CN(Cc2nc(C(C)(C)C)cs2)CCO1. The maximum absolute atomic E-state index is 5.91. The first kappa shape index (κ1) is 16.5. The van der Waals surface area contributed by atoms with Crippen LogP contribution in [-0.2, 0) is 23.2 Å². The number of nitrogens with zero attached hydrogens (tertiary/aromatic N) is 5. The third-order valence-corrected chi connectivity index (χ3v) is 4.94. The molecule has 1 aliphatic heterocycles. The van der Waals surface area contributed by atoms with Crippen LogP contribution < -0.4 is 0 Å². The lowest BCUT2D eigenvalue weighted by molar-refractivity contribution is -0.0389. The van der Waals surface area contributed by atoms with Gasteiger partial charge in [0.1, 0.15) is 17.4 Å². The van der Waals surface area contributed by atoms with Gasteiger partial charge in [0.2, 0.25) is 0 Å². The molecule has 126 valence electrons. The lowest BCUT2D eigenvalue weighted by atomic mass is 9.93. The van der Waals surface area contributed by atoms with Gasteiger partial charge in [-0.1, -0.05) is 20.8 Å². The molecule has 23 heavy (non-hydrogen) atoms. The molecule has 2 aromatic rings. The highest BCUT2D eigenvalue weighted by Gasteiger charge is 2.27. The molecular weight excluding hydrogens is 310 g/mol. The predicted octanol–water partition coefficient (Wildman–Crippen LogP) is 2.63. The van der Waals surface area contributed by atoms with Crippen molar-refractivity contribution >= 4 is 11.3 Å². The van der Waals surface area contributed by atoms with Crippen LogP contribution in [0.1, 0.15) is 50.3 Å². The minimum Gasteiger partial charge on any atom is -0.368 e. The van der Waals surface area contributed by atoms with E-state index in [0.29, 0.717) is 0 Å². The first-order chi connectivity index (χ1) is 11.0. The maximum atomic E-state index is 5.91.